The van der Waals surface area contributed by atoms with Crippen molar-refractivity contribution >= 4 is 5.91 Å². The van der Waals surface area contributed by atoms with Gasteiger partial charge in [-0.3, -0.25) is 9.69 Å². The number of aliphatic hydroxyl groups excluding tert-OH is 1. The Morgan fingerprint density at radius 3 is 2.84 bits per heavy atom. The van der Waals surface area contributed by atoms with Crippen LogP contribution in [0.25, 0.3) is 0 Å². The normalized spacial score (nSPS) is 26.3. The lowest BCUT2D eigenvalue weighted by molar-refractivity contribution is -0.123. The molecule has 0 bridgehead atoms. The number of rotatable bonds is 5. The van der Waals surface area contributed by atoms with Crippen molar-refractivity contribution in [2.75, 3.05) is 32.8 Å². The van der Waals surface area contributed by atoms with Gasteiger partial charge in [-0.1, -0.05) is 19.3 Å². The lowest BCUT2D eigenvalue weighted by atomic mass is 9.95. The van der Waals surface area contributed by atoms with Crippen LogP contribution in [0.3, 0.4) is 0 Å². The van der Waals surface area contributed by atoms with Crippen LogP contribution in [0.2, 0.25) is 0 Å². The van der Waals surface area contributed by atoms with Crippen molar-refractivity contribution in [3.8, 4) is 0 Å². The van der Waals surface area contributed by atoms with Gasteiger partial charge < -0.3 is 15.2 Å². The maximum Gasteiger partial charge on any atom is 0.221 e. The van der Waals surface area contributed by atoms with E-state index in [0.717, 1.165) is 32.5 Å². The molecule has 2 rings (SSSR count). The molecule has 1 aliphatic carbocycles. The fraction of sp³-hybridized carbons (Fsp3) is 0.929. The summed E-state index contributed by atoms with van der Waals surface area (Å²) in [5, 5.41) is 12.2. The van der Waals surface area contributed by atoms with Gasteiger partial charge in [0.15, 0.2) is 0 Å². The summed E-state index contributed by atoms with van der Waals surface area (Å²) < 4.78 is 5.39. The molecule has 1 aliphatic heterocycles. The van der Waals surface area contributed by atoms with Crippen LogP contribution in [0.15, 0.2) is 0 Å². The largest absolute Gasteiger partial charge is 0.394 e. The van der Waals surface area contributed by atoms with Gasteiger partial charge in [0.2, 0.25) is 5.91 Å². The van der Waals surface area contributed by atoms with Gasteiger partial charge in [-0.15, -0.1) is 0 Å². The smallest absolute Gasteiger partial charge is 0.221 e. The zero-order valence-electron chi connectivity index (χ0n) is 11.6. The first-order valence-corrected chi connectivity index (χ1v) is 7.52. The van der Waals surface area contributed by atoms with Gasteiger partial charge in [0, 0.05) is 32.1 Å². The van der Waals surface area contributed by atoms with Crippen molar-refractivity contribution in [3.05, 3.63) is 0 Å². The number of ether oxygens (including phenoxy) is 1. The van der Waals surface area contributed by atoms with Crippen molar-refractivity contribution in [2.24, 2.45) is 0 Å². The fourth-order valence-corrected chi connectivity index (χ4v) is 2.90. The molecule has 0 aromatic carbocycles. The first-order chi connectivity index (χ1) is 9.28. The molecule has 2 N–H and O–H groups in total. The van der Waals surface area contributed by atoms with Crippen LogP contribution >= 0.6 is 0 Å². The van der Waals surface area contributed by atoms with E-state index in [1.807, 2.05) is 0 Å². The van der Waals surface area contributed by atoms with E-state index in [2.05, 4.69) is 10.2 Å². The molecule has 0 aromatic heterocycles. The first kappa shape index (κ1) is 14.8. The second kappa shape index (κ2) is 7.82. The minimum atomic E-state index is -0.0878. The highest BCUT2D eigenvalue weighted by atomic mass is 16.5. The number of carbonyl (C=O) groups is 1. The molecule has 0 aromatic rings. The second-order valence-electron chi connectivity index (χ2n) is 5.63. The molecular weight excluding hydrogens is 244 g/mol. The average molecular weight is 270 g/mol. The van der Waals surface area contributed by atoms with E-state index < -0.39 is 0 Å². The van der Waals surface area contributed by atoms with Gasteiger partial charge in [-0.05, 0) is 12.8 Å². The van der Waals surface area contributed by atoms with E-state index in [9.17, 15) is 4.79 Å². The number of nitrogens with one attached hydrogen (secondary N) is 1. The van der Waals surface area contributed by atoms with Gasteiger partial charge in [-0.25, -0.2) is 0 Å². The van der Waals surface area contributed by atoms with Crippen LogP contribution in [0.1, 0.15) is 38.5 Å². The third-order valence-electron chi connectivity index (χ3n) is 4.05. The minimum absolute atomic E-state index is 0.0603. The van der Waals surface area contributed by atoms with E-state index in [1.165, 1.54) is 19.3 Å². The van der Waals surface area contributed by atoms with Gasteiger partial charge >= 0.3 is 0 Å². The quantitative estimate of drug-likeness (QED) is 0.764. The molecule has 0 radical (unpaired) electrons. The molecule has 1 saturated heterocycles. The highest BCUT2D eigenvalue weighted by Crippen LogP contribution is 2.17. The molecule has 1 heterocycles. The Morgan fingerprint density at radius 2 is 2.11 bits per heavy atom. The van der Waals surface area contributed by atoms with E-state index in [0.29, 0.717) is 19.1 Å². The first-order valence-electron chi connectivity index (χ1n) is 7.52. The number of nitrogens with zero attached hydrogens (tertiary/aromatic N) is 1. The van der Waals surface area contributed by atoms with Crippen LogP contribution in [0.5, 0.6) is 0 Å². The molecule has 2 fully saturated rings. The van der Waals surface area contributed by atoms with Gasteiger partial charge in [0.05, 0.1) is 19.3 Å². The number of aliphatic hydroxyl groups is 1. The maximum absolute atomic E-state index is 11.9. The van der Waals surface area contributed by atoms with Crippen LogP contribution in [-0.2, 0) is 9.53 Å². The van der Waals surface area contributed by atoms with E-state index in [1.54, 1.807) is 0 Å². The van der Waals surface area contributed by atoms with Crippen molar-refractivity contribution in [3.63, 3.8) is 0 Å². The maximum atomic E-state index is 11.9. The Labute approximate surface area is 115 Å². The minimum Gasteiger partial charge on any atom is -0.394 e. The lowest BCUT2D eigenvalue weighted by Crippen LogP contribution is -2.45. The third-order valence-corrected chi connectivity index (χ3v) is 4.05. The molecular formula is C14H26N2O3. The van der Waals surface area contributed by atoms with Crippen LogP contribution in [0.4, 0.5) is 0 Å². The molecule has 1 saturated carbocycles. The molecule has 110 valence electrons. The number of amides is 1. The van der Waals surface area contributed by atoms with Gasteiger partial charge in [0.25, 0.3) is 0 Å². The van der Waals surface area contributed by atoms with E-state index >= 15 is 0 Å². The van der Waals surface area contributed by atoms with Crippen molar-refractivity contribution in [1.82, 2.24) is 10.2 Å². The summed E-state index contributed by atoms with van der Waals surface area (Å²) >= 11 is 0. The number of hydrogen-bond acceptors (Lipinski definition) is 4. The molecule has 19 heavy (non-hydrogen) atoms. The summed E-state index contributed by atoms with van der Waals surface area (Å²) in [5.41, 5.74) is 0. The summed E-state index contributed by atoms with van der Waals surface area (Å²) in [6, 6.07) is 0.399. The van der Waals surface area contributed by atoms with Crippen LogP contribution in [-0.4, -0.2) is 60.9 Å². The van der Waals surface area contributed by atoms with Crippen LogP contribution < -0.4 is 5.32 Å². The molecule has 1 atom stereocenters. The average Bonchev–Trinajstić information content (AvgIpc) is 2.46. The zero-order valence-corrected chi connectivity index (χ0v) is 11.6. The predicted octanol–water partition coefficient (Wildman–Crippen LogP) is 0.518. The standard InChI is InChI=1S/C14H26N2O3/c17-11-13-10-16(8-9-19-13)7-6-14(18)15-12-4-2-1-3-5-12/h12-13,17H,1-11H2,(H,15,18). The SMILES string of the molecule is O=C(CCN1CCOC(CO)C1)NC1CCCCC1. The molecule has 2 aliphatic rings. The highest BCUT2D eigenvalue weighted by molar-refractivity contribution is 5.76. The number of morpholine rings is 1. The summed E-state index contributed by atoms with van der Waals surface area (Å²) in [7, 11) is 0. The zero-order chi connectivity index (χ0) is 13.5. The Hall–Kier alpha value is -0.650. The van der Waals surface area contributed by atoms with E-state index in [-0.39, 0.29) is 18.6 Å². The monoisotopic (exact) mass is 270 g/mol. The second-order valence-corrected chi connectivity index (χ2v) is 5.63. The number of carbonyl (C=O) groups excluding carboxylic acids is 1. The Kier molecular flexibility index (Phi) is 6.07. The fourth-order valence-electron chi connectivity index (χ4n) is 2.90. The Bertz CT molecular complexity index is 280. The summed E-state index contributed by atoms with van der Waals surface area (Å²) in [5.74, 6) is 0.166. The Morgan fingerprint density at radius 1 is 1.32 bits per heavy atom. The number of hydrogen-bond donors (Lipinski definition) is 2. The molecule has 0 spiro atoms. The highest BCUT2D eigenvalue weighted by Gasteiger charge is 2.21. The van der Waals surface area contributed by atoms with Crippen LogP contribution in [0, 0.1) is 0 Å². The molecule has 1 amide bonds. The summed E-state index contributed by atoms with van der Waals surface area (Å²) in [4.78, 5) is 14.1. The van der Waals surface area contributed by atoms with Crippen molar-refractivity contribution in [2.45, 2.75) is 50.7 Å². The molecule has 1 unspecified atom stereocenters. The van der Waals surface area contributed by atoms with Gasteiger partial charge in [-0.2, -0.15) is 0 Å². The molecule has 5 nitrogen and oxygen atoms in total. The predicted molar refractivity (Wildman–Crippen MR) is 72.9 cm³/mol. The van der Waals surface area contributed by atoms with E-state index in [4.69, 9.17) is 9.84 Å². The Balaban J connectivity index is 1.62. The summed E-state index contributed by atoms with van der Waals surface area (Å²) in [6.45, 7) is 3.05. The third kappa shape index (κ3) is 5.09. The van der Waals surface area contributed by atoms with Crippen molar-refractivity contribution in [1.29, 1.82) is 0 Å². The lowest BCUT2D eigenvalue weighted by Gasteiger charge is -2.32. The topological polar surface area (TPSA) is 61.8 Å². The van der Waals surface area contributed by atoms with Gasteiger partial charge in [0.1, 0.15) is 0 Å². The summed E-state index contributed by atoms with van der Waals surface area (Å²) in [6.07, 6.45) is 6.53. The molecule has 5 heteroatoms. The van der Waals surface area contributed by atoms with Crippen molar-refractivity contribution < 1.29 is 14.6 Å².